The number of urea groups is 1. The minimum atomic E-state index is -0.755. The summed E-state index contributed by atoms with van der Waals surface area (Å²) >= 11 is 5.80. The third-order valence-electron chi connectivity index (χ3n) is 3.35. The van der Waals surface area contributed by atoms with Gasteiger partial charge in [-0.05, 0) is 29.8 Å². The molecule has 0 aliphatic heterocycles. The van der Waals surface area contributed by atoms with Crippen LogP contribution in [0, 0.1) is 0 Å². The molecule has 2 N–H and O–H groups in total. The Labute approximate surface area is 146 Å². The van der Waals surface area contributed by atoms with E-state index in [-0.39, 0.29) is 19.2 Å². The molecule has 0 radical (unpaired) electrons. The quantitative estimate of drug-likeness (QED) is 0.806. The lowest BCUT2D eigenvalue weighted by atomic mass is 10.2. The number of aliphatic hydroxyl groups excluding tert-OH is 1. The molecule has 0 bridgehead atoms. The van der Waals surface area contributed by atoms with Crippen molar-refractivity contribution in [3.63, 3.8) is 0 Å². The second-order valence-electron chi connectivity index (χ2n) is 5.47. The van der Waals surface area contributed by atoms with Gasteiger partial charge >= 0.3 is 6.03 Å². The van der Waals surface area contributed by atoms with E-state index in [0.29, 0.717) is 17.3 Å². The van der Waals surface area contributed by atoms with Crippen molar-refractivity contribution in [2.75, 3.05) is 25.5 Å². The number of anilines is 1. The van der Waals surface area contributed by atoms with Crippen LogP contribution in [0.5, 0.6) is 0 Å². The van der Waals surface area contributed by atoms with E-state index in [0.717, 1.165) is 5.56 Å². The highest BCUT2D eigenvalue weighted by atomic mass is 35.5. The summed E-state index contributed by atoms with van der Waals surface area (Å²) in [6, 6.07) is 16.2. The number of amides is 2. The standard InChI is InChI=1S/C18H21ClN2O3/c1-21(18(23)20-16-9-7-15(19)8-10-16)11-17(22)13-24-12-14-5-3-2-4-6-14/h2-10,17,22H,11-13H2,1H3,(H,20,23)/t17-/m1/s1. The maximum Gasteiger partial charge on any atom is 0.321 e. The van der Waals surface area contributed by atoms with Gasteiger partial charge in [-0.1, -0.05) is 41.9 Å². The first-order valence-corrected chi connectivity index (χ1v) is 8.00. The molecule has 2 amide bonds. The molecule has 0 unspecified atom stereocenters. The lowest BCUT2D eigenvalue weighted by Gasteiger charge is -2.21. The second kappa shape index (κ2) is 9.27. The SMILES string of the molecule is CN(C[C@@H](O)COCc1ccccc1)C(=O)Nc1ccc(Cl)cc1. The van der Waals surface area contributed by atoms with Gasteiger partial charge in [0.25, 0.3) is 0 Å². The molecule has 6 heteroatoms. The molecule has 128 valence electrons. The molecule has 2 rings (SSSR count). The third kappa shape index (κ3) is 6.20. The van der Waals surface area contributed by atoms with E-state index in [4.69, 9.17) is 16.3 Å². The number of carbonyl (C=O) groups excluding carboxylic acids is 1. The van der Waals surface area contributed by atoms with Crippen LogP contribution in [0.3, 0.4) is 0 Å². The summed E-state index contributed by atoms with van der Waals surface area (Å²) in [4.78, 5) is 13.5. The number of nitrogens with one attached hydrogen (secondary N) is 1. The van der Waals surface area contributed by atoms with Gasteiger partial charge in [-0.25, -0.2) is 4.79 Å². The van der Waals surface area contributed by atoms with Crippen LogP contribution in [0.2, 0.25) is 5.02 Å². The van der Waals surface area contributed by atoms with Gasteiger partial charge in [0.05, 0.1) is 25.9 Å². The highest BCUT2D eigenvalue weighted by Gasteiger charge is 2.14. The molecule has 0 heterocycles. The van der Waals surface area contributed by atoms with Crippen LogP contribution in [-0.2, 0) is 11.3 Å². The van der Waals surface area contributed by atoms with Gasteiger partial charge in [0.2, 0.25) is 0 Å². The molecule has 0 saturated carbocycles. The Bertz CT molecular complexity index is 634. The Morgan fingerprint density at radius 3 is 2.54 bits per heavy atom. The van der Waals surface area contributed by atoms with E-state index < -0.39 is 6.10 Å². The average molecular weight is 349 g/mol. The topological polar surface area (TPSA) is 61.8 Å². The summed E-state index contributed by atoms with van der Waals surface area (Å²) in [6.07, 6.45) is -0.755. The molecule has 1 atom stereocenters. The van der Waals surface area contributed by atoms with Gasteiger partial charge in [-0.3, -0.25) is 0 Å². The van der Waals surface area contributed by atoms with Crippen molar-refractivity contribution >= 4 is 23.3 Å². The summed E-state index contributed by atoms with van der Waals surface area (Å²) in [5.74, 6) is 0. The fourth-order valence-electron chi connectivity index (χ4n) is 2.09. The van der Waals surface area contributed by atoms with E-state index in [2.05, 4.69) is 5.32 Å². The molecule has 0 aromatic heterocycles. The van der Waals surface area contributed by atoms with Crippen LogP contribution in [0.15, 0.2) is 54.6 Å². The first-order chi connectivity index (χ1) is 11.5. The fraction of sp³-hybridized carbons (Fsp3) is 0.278. The van der Waals surface area contributed by atoms with Crippen molar-refractivity contribution in [2.24, 2.45) is 0 Å². The molecule has 0 fully saturated rings. The number of carbonyl (C=O) groups is 1. The monoisotopic (exact) mass is 348 g/mol. The lowest BCUT2D eigenvalue weighted by Crippen LogP contribution is -2.38. The Morgan fingerprint density at radius 1 is 1.21 bits per heavy atom. The predicted molar refractivity (Wildman–Crippen MR) is 95.2 cm³/mol. The van der Waals surface area contributed by atoms with Crippen molar-refractivity contribution in [1.29, 1.82) is 0 Å². The lowest BCUT2D eigenvalue weighted by molar-refractivity contribution is 0.0188. The van der Waals surface area contributed by atoms with Crippen molar-refractivity contribution < 1.29 is 14.6 Å². The van der Waals surface area contributed by atoms with E-state index >= 15 is 0 Å². The summed E-state index contributed by atoms with van der Waals surface area (Å²) in [5.41, 5.74) is 1.68. The average Bonchev–Trinajstić information content (AvgIpc) is 2.58. The Balaban J connectivity index is 1.71. The summed E-state index contributed by atoms with van der Waals surface area (Å²) in [5, 5.41) is 13.3. The number of aliphatic hydroxyl groups is 1. The molecule has 2 aromatic rings. The Hall–Kier alpha value is -2.08. The van der Waals surface area contributed by atoms with Gasteiger partial charge < -0.3 is 20.1 Å². The van der Waals surface area contributed by atoms with Crippen LogP contribution >= 0.6 is 11.6 Å². The smallest absolute Gasteiger partial charge is 0.321 e. The molecule has 0 aliphatic rings. The Morgan fingerprint density at radius 2 is 1.88 bits per heavy atom. The van der Waals surface area contributed by atoms with Gasteiger partial charge in [-0.2, -0.15) is 0 Å². The molecular formula is C18H21ClN2O3. The van der Waals surface area contributed by atoms with Crippen molar-refractivity contribution in [3.8, 4) is 0 Å². The van der Waals surface area contributed by atoms with Crippen LogP contribution in [0.4, 0.5) is 10.5 Å². The largest absolute Gasteiger partial charge is 0.389 e. The van der Waals surface area contributed by atoms with Crippen LogP contribution in [-0.4, -0.2) is 42.3 Å². The number of hydrogen-bond donors (Lipinski definition) is 2. The molecule has 24 heavy (non-hydrogen) atoms. The molecule has 0 saturated heterocycles. The van der Waals surface area contributed by atoms with E-state index in [9.17, 15) is 9.90 Å². The highest BCUT2D eigenvalue weighted by Crippen LogP contribution is 2.13. The van der Waals surface area contributed by atoms with Gasteiger partial charge in [0.1, 0.15) is 0 Å². The van der Waals surface area contributed by atoms with Crippen molar-refractivity contribution in [1.82, 2.24) is 4.90 Å². The first kappa shape index (κ1) is 18.3. The summed E-state index contributed by atoms with van der Waals surface area (Å²) < 4.78 is 5.47. The highest BCUT2D eigenvalue weighted by molar-refractivity contribution is 6.30. The van der Waals surface area contributed by atoms with Crippen LogP contribution in [0.1, 0.15) is 5.56 Å². The number of rotatable bonds is 7. The first-order valence-electron chi connectivity index (χ1n) is 7.62. The number of likely N-dealkylation sites (N-methyl/N-ethyl adjacent to an activating group) is 1. The molecular weight excluding hydrogens is 328 g/mol. The Kier molecular flexibility index (Phi) is 7.06. The van der Waals surface area contributed by atoms with E-state index in [1.165, 1.54) is 4.90 Å². The van der Waals surface area contributed by atoms with Crippen LogP contribution < -0.4 is 5.32 Å². The molecule has 5 nitrogen and oxygen atoms in total. The molecule has 0 spiro atoms. The zero-order valence-corrected chi connectivity index (χ0v) is 14.2. The predicted octanol–water partition coefficient (Wildman–Crippen LogP) is 3.38. The number of benzene rings is 2. The number of hydrogen-bond acceptors (Lipinski definition) is 3. The van der Waals surface area contributed by atoms with E-state index in [1.54, 1.807) is 31.3 Å². The zero-order valence-electron chi connectivity index (χ0n) is 13.5. The molecule has 0 aliphatic carbocycles. The van der Waals surface area contributed by atoms with Crippen LogP contribution in [0.25, 0.3) is 0 Å². The maximum absolute atomic E-state index is 12.1. The minimum absolute atomic E-state index is 0.160. The zero-order chi connectivity index (χ0) is 17.4. The third-order valence-corrected chi connectivity index (χ3v) is 3.60. The minimum Gasteiger partial charge on any atom is -0.389 e. The van der Waals surface area contributed by atoms with Gasteiger partial charge in [0.15, 0.2) is 0 Å². The number of halogens is 1. The second-order valence-corrected chi connectivity index (χ2v) is 5.91. The van der Waals surface area contributed by atoms with Crippen molar-refractivity contribution in [2.45, 2.75) is 12.7 Å². The number of nitrogens with zero attached hydrogens (tertiary/aromatic N) is 1. The van der Waals surface area contributed by atoms with Gasteiger partial charge in [0, 0.05) is 17.8 Å². The normalized spacial score (nSPS) is 11.8. The summed E-state index contributed by atoms with van der Waals surface area (Å²) in [7, 11) is 1.62. The van der Waals surface area contributed by atoms with Crippen molar-refractivity contribution in [3.05, 3.63) is 65.2 Å². The fourth-order valence-corrected chi connectivity index (χ4v) is 2.22. The van der Waals surface area contributed by atoms with E-state index in [1.807, 2.05) is 30.3 Å². The maximum atomic E-state index is 12.1. The number of ether oxygens (including phenoxy) is 1. The molecule has 2 aromatic carbocycles. The van der Waals surface area contributed by atoms with Gasteiger partial charge in [-0.15, -0.1) is 0 Å². The summed E-state index contributed by atoms with van der Waals surface area (Å²) in [6.45, 7) is 0.764.